The molecule has 0 heterocycles. The monoisotopic (exact) mass is 546 g/mol. The number of hydrogen-bond donors (Lipinski definition) is 0. The Balaban J connectivity index is 5.55. The summed E-state index contributed by atoms with van der Waals surface area (Å²) in [6.45, 7) is 0. The Kier molecular flexibility index (Phi) is 6.73. The van der Waals surface area contributed by atoms with Crippen molar-refractivity contribution >= 4 is 45.2 Å². The van der Waals surface area contributed by atoms with E-state index in [-0.39, 0.29) is 0 Å². The lowest BCUT2D eigenvalue weighted by atomic mass is 9.95. The van der Waals surface area contributed by atoms with Crippen LogP contribution in [-0.2, 0) is 0 Å². The van der Waals surface area contributed by atoms with E-state index in [1.807, 2.05) is 0 Å². The number of hydrogen-bond acceptors (Lipinski definition) is 0. The summed E-state index contributed by atoms with van der Waals surface area (Å²) in [7, 11) is 0. The predicted molar refractivity (Wildman–Crippen MR) is 66.9 cm³/mol. The van der Waals surface area contributed by atoms with Gasteiger partial charge in [0, 0.05) is 0 Å². The fourth-order valence-corrected chi connectivity index (χ4v) is 2.21. The van der Waals surface area contributed by atoms with Crippen LogP contribution >= 0.6 is 45.2 Å². The minimum Gasteiger partial charge on any atom is -0.236 e. The zero-order valence-electron chi connectivity index (χ0n) is 9.10. The van der Waals surface area contributed by atoms with Gasteiger partial charge in [0.15, 0.2) is 8.36 Å². The van der Waals surface area contributed by atoms with E-state index >= 15 is 0 Å². The lowest BCUT2D eigenvalue weighted by molar-refractivity contribution is -0.368. The molecule has 0 rings (SSSR count). The predicted octanol–water partition coefficient (Wildman–Crippen LogP) is 5.77. The molecule has 0 bridgehead atoms. The maximum absolute atomic E-state index is 13.0. The Morgan fingerprint density at radius 1 is 0.600 bits per heavy atom. The van der Waals surface area contributed by atoms with Gasteiger partial charge in [-0.15, -0.1) is 0 Å². The molecule has 0 fully saturated rings. The molecule has 2 unspecified atom stereocenters. The van der Waals surface area contributed by atoms with E-state index in [9.17, 15) is 43.9 Å². The topological polar surface area (TPSA) is 0 Å². The van der Waals surface area contributed by atoms with Crippen molar-refractivity contribution in [3.8, 4) is 0 Å². The molecule has 0 radical (unpaired) electrons. The second-order valence-corrected chi connectivity index (χ2v) is 6.45. The highest BCUT2D eigenvalue weighted by Gasteiger charge is 2.80. The van der Waals surface area contributed by atoms with Gasteiger partial charge in [0.1, 0.15) is 0 Å². The maximum Gasteiger partial charge on any atom is 0.378 e. The third-order valence-corrected chi connectivity index (χ3v) is 3.02. The van der Waals surface area contributed by atoms with Gasteiger partial charge < -0.3 is 0 Å². The van der Waals surface area contributed by atoms with E-state index in [2.05, 4.69) is 0 Å². The van der Waals surface area contributed by atoms with E-state index in [1.54, 1.807) is 0 Å². The molecule has 0 aliphatic rings. The van der Waals surface area contributed by atoms with Crippen LogP contribution < -0.4 is 0 Å². The summed E-state index contributed by atoms with van der Waals surface area (Å²) in [5.41, 5.74) is 0. The fourth-order valence-electron chi connectivity index (χ4n) is 1.10. The van der Waals surface area contributed by atoms with Gasteiger partial charge in [-0.3, -0.25) is 0 Å². The van der Waals surface area contributed by atoms with Crippen molar-refractivity contribution in [2.24, 2.45) is 0 Å². The summed E-state index contributed by atoms with van der Waals surface area (Å²) >= 11 is 1.21. The van der Waals surface area contributed by atoms with Crippen LogP contribution in [0.2, 0.25) is 0 Å². The summed E-state index contributed by atoms with van der Waals surface area (Å²) in [4.78, 5) is 0. The van der Waals surface area contributed by atoms with E-state index in [0.29, 0.717) is 45.2 Å². The van der Waals surface area contributed by atoms with Crippen molar-refractivity contribution in [1.29, 1.82) is 0 Å². The van der Waals surface area contributed by atoms with E-state index in [4.69, 9.17) is 0 Å². The molecule has 0 spiro atoms. The minimum atomic E-state index is -6.54. The highest BCUT2D eigenvalue weighted by molar-refractivity contribution is 14.1. The van der Waals surface area contributed by atoms with Gasteiger partial charge in [0.25, 0.3) is 0 Å². The molecule has 122 valence electrons. The highest BCUT2D eigenvalue weighted by atomic mass is 127. The second-order valence-electron chi connectivity index (χ2n) is 3.75. The van der Waals surface area contributed by atoms with Gasteiger partial charge in [-0.25, -0.2) is 8.78 Å². The van der Waals surface area contributed by atoms with Crippen LogP contribution in [0.15, 0.2) is 0 Å². The van der Waals surface area contributed by atoms with Crippen LogP contribution in [0.4, 0.5) is 43.9 Å². The highest BCUT2D eigenvalue weighted by Crippen LogP contribution is 2.55. The lowest BCUT2D eigenvalue weighted by Crippen LogP contribution is -2.62. The minimum absolute atomic E-state index is 0.603. The van der Waals surface area contributed by atoms with Crippen molar-refractivity contribution in [3.05, 3.63) is 0 Å². The van der Waals surface area contributed by atoms with Gasteiger partial charge in [-0.2, -0.15) is 35.1 Å². The Morgan fingerprint density at radius 2 is 0.800 bits per heavy atom. The number of halogens is 12. The Morgan fingerprint density at radius 3 is 0.950 bits per heavy atom. The summed E-state index contributed by atoms with van der Waals surface area (Å²) in [6.07, 6.45) is -4.76. The molecule has 0 aromatic carbocycles. The van der Waals surface area contributed by atoms with Gasteiger partial charge >= 0.3 is 23.7 Å². The van der Waals surface area contributed by atoms with E-state index < -0.39 is 44.9 Å². The molecule has 0 aromatic heterocycles. The van der Waals surface area contributed by atoms with Crippen molar-refractivity contribution in [2.45, 2.75) is 44.9 Å². The summed E-state index contributed by atoms with van der Waals surface area (Å²) in [5.74, 6) is -24.5. The molecular formula is C8H6F10I2. The van der Waals surface area contributed by atoms with Crippen LogP contribution in [0, 0.1) is 0 Å². The third-order valence-electron chi connectivity index (χ3n) is 2.13. The van der Waals surface area contributed by atoms with Gasteiger partial charge in [0.05, 0.1) is 12.8 Å². The Bertz CT molecular complexity index is 295. The van der Waals surface area contributed by atoms with E-state index in [0.717, 1.165) is 0 Å². The first-order valence-corrected chi connectivity index (χ1v) is 7.15. The van der Waals surface area contributed by atoms with Gasteiger partial charge in [0.2, 0.25) is 0 Å². The molecule has 0 aliphatic carbocycles. The standard InChI is InChI=1S/C8H6F10I2/c9-3(19)1-5(11,12)7(15,16)8(17,18)6(13,14)2-4(10)20/h3-4H,1-2H2. The van der Waals surface area contributed by atoms with Crippen molar-refractivity contribution in [1.82, 2.24) is 0 Å². The molecule has 0 saturated heterocycles. The average molecular weight is 546 g/mol. The van der Waals surface area contributed by atoms with Crippen molar-refractivity contribution < 1.29 is 43.9 Å². The molecular weight excluding hydrogens is 540 g/mol. The maximum atomic E-state index is 13.0. The zero-order valence-corrected chi connectivity index (χ0v) is 13.4. The molecule has 0 aromatic rings. The quantitative estimate of drug-likeness (QED) is 0.216. The Hall–Kier alpha value is 0.760. The average Bonchev–Trinajstić information content (AvgIpc) is 2.11. The smallest absolute Gasteiger partial charge is 0.236 e. The van der Waals surface area contributed by atoms with Gasteiger partial charge in [-0.05, 0) is 45.2 Å². The normalized spacial score (nSPS) is 18.0. The van der Waals surface area contributed by atoms with Gasteiger partial charge in [-0.1, -0.05) is 0 Å². The van der Waals surface area contributed by atoms with Crippen molar-refractivity contribution in [3.63, 3.8) is 0 Å². The van der Waals surface area contributed by atoms with Crippen LogP contribution in [0.25, 0.3) is 0 Å². The number of alkyl halides is 12. The summed E-state index contributed by atoms with van der Waals surface area (Å²) < 4.78 is 123. The fraction of sp³-hybridized carbons (Fsp3) is 1.00. The molecule has 0 amide bonds. The second kappa shape index (κ2) is 6.48. The van der Waals surface area contributed by atoms with Crippen LogP contribution in [0.5, 0.6) is 0 Å². The van der Waals surface area contributed by atoms with Crippen molar-refractivity contribution in [2.75, 3.05) is 0 Å². The first-order chi connectivity index (χ1) is 8.58. The molecule has 0 N–H and O–H groups in total. The molecule has 2 atom stereocenters. The van der Waals surface area contributed by atoms with E-state index in [1.165, 1.54) is 0 Å². The van der Waals surface area contributed by atoms with Crippen LogP contribution in [-0.4, -0.2) is 32.0 Å². The molecule has 0 saturated carbocycles. The zero-order chi connectivity index (χ0) is 16.6. The Labute approximate surface area is 133 Å². The SMILES string of the molecule is FC(I)CC(F)(F)C(F)(F)C(F)(F)C(F)(F)CC(F)I. The largest absolute Gasteiger partial charge is 0.378 e. The lowest BCUT2D eigenvalue weighted by Gasteiger charge is -2.37. The third kappa shape index (κ3) is 4.15. The molecule has 20 heavy (non-hydrogen) atoms. The van der Waals surface area contributed by atoms with Crippen LogP contribution in [0.3, 0.4) is 0 Å². The number of rotatable bonds is 7. The molecule has 0 aliphatic heterocycles. The summed E-state index contributed by atoms with van der Waals surface area (Å²) in [5, 5.41) is 0. The molecule has 0 nitrogen and oxygen atoms in total. The molecule has 12 heteroatoms. The first kappa shape index (κ1) is 20.8. The summed E-state index contributed by atoms with van der Waals surface area (Å²) in [6, 6.07) is 0. The van der Waals surface area contributed by atoms with Crippen LogP contribution in [0.1, 0.15) is 12.8 Å². The first-order valence-electron chi connectivity index (χ1n) is 4.66.